The number of benzene rings is 2. The van der Waals surface area contributed by atoms with Crippen molar-refractivity contribution in [3.8, 4) is 0 Å². The zero-order valence-corrected chi connectivity index (χ0v) is 18.7. The molecule has 0 aromatic heterocycles. The normalized spacial score (nSPS) is 19.2. The number of carbonyl (C=O) groups is 1. The van der Waals surface area contributed by atoms with E-state index in [0.717, 1.165) is 24.4 Å². The van der Waals surface area contributed by atoms with Gasteiger partial charge in [-0.15, -0.1) is 0 Å². The van der Waals surface area contributed by atoms with Crippen LogP contribution in [0.25, 0.3) is 0 Å². The lowest BCUT2D eigenvalue weighted by molar-refractivity contribution is 0.0652. The predicted molar refractivity (Wildman–Crippen MR) is 118 cm³/mol. The van der Waals surface area contributed by atoms with Crippen molar-refractivity contribution in [1.29, 1.82) is 0 Å². The number of carbonyl (C=O) groups excluding carboxylic acids is 1. The molecule has 4 nitrogen and oxygen atoms in total. The molecule has 6 heteroatoms. The first kappa shape index (κ1) is 21.2. The van der Waals surface area contributed by atoms with Crippen molar-refractivity contribution in [2.45, 2.75) is 48.9 Å². The van der Waals surface area contributed by atoms with E-state index >= 15 is 0 Å². The van der Waals surface area contributed by atoms with Gasteiger partial charge in [0.25, 0.3) is 0 Å². The zero-order valence-electron chi connectivity index (χ0n) is 17.9. The smallest absolute Gasteiger partial charge is 0.409 e. The van der Waals surface area contributed by atoms with Crippen molar-refractivity contribution in [3.63, 3.8) is 0 Å². The summed E-state index contributed by atoms with van der Waals surface area (Å²) < 4.78 is 19.1. The van der Waals surface area contributed by atoms with Crippen molar-refractivity contribution in [3.05, 3.63) is 58.9 Å². The van der Waals surface area contributed by atoms with Gasteiger partial charge < -0.3 is 9.64 Å². The molecule has 2 heterocycles. The maximum atomic E-state index is 13.9. The molecule has 0 N–H and O–H groups in total. The predicted octanol–water partition coefficient (Wildman–Crippen LogP) is 5.47. The molecular formula is C24H29FN2O2S. The van der Waals surface area contributed by atoms with Crippen molar-refractivity contribution >= 4 is 17.9 Å². The lowest BCUT2D eigenvalue weighted by Gasteiger charge is -2.39. The van der Waals surface area contributed by atoms with E-state index in [2.05, 4.69) is 36.9 Å². The van der Waals surface area contributed by atoms with E-state index in [-0.39, 0.29) is 18.0 Å². The van der Waals surface area contributed by atoms with Gasteiger partial charge in [-0.25, -0.2) is 9.18 Å². The third kappa shape index (κ3) is 4.35. The van der Waals surface area contributed by atoms with E-state index in [9.17, 15) is 9.18 Å². The van der Waals surface area contributed by atoms with Crippen LogP contribution in [0, 0.1) is 5.82 Å². The largest absolute Gasteiger partial charge is 0.450 e. The number of hydrogen-bond donors (Lipinski definition) is 0. The maximum absolute atomic E-state index is 13.9. The molecule has 2 aliphatic rings. The Labute approximate surface area is 182 Å². The highest BCUT2D eigenvalue weighted by Gasteiger charge is 2.31. The molecule has 0 spiro atoms. The van der Waals surface area contributed by atoms with Crippen LogP contribution in [0.2, 0.25) is 0 Å². The molecular weight excluding hydrogens is 399 g/mol. The van der Waals surface area contributed by atoms with Gasteiger partial charge in [0.2, 0.25) is 0 Å². The fourth-order valence-corrected chi connectivity index (χ4v) is 5.40. The third-order valence-corrected chi connectivity index (χ3v) is 7.19. The Hall–Kier alpha value is -2.05. The van der Waals surface area contributed by atoms with Gasteiger partial charge in [0, 0.05) is 42.0 Å². The minimum Gasteiger partial charge on any atom is -0.450 e. The average molecular weight is 429 g/mol. The van der Waals surface area contributed by atoms with Crippen molar-refractivity contribution in [1.82, 2.24) is 9.80 Å². The van der Waals surface area contributed by atoms with Gasteiger partial charge in [-0.05, 0) is 54.2 Å². The number of fused-ring (bicyclic) bond motifs is 2. The van der Waals surface area contributed by atoms with Crippen molar-refractivity contribution in [2.24, 2.45) is 0 Å². The van der Waals surface area contributed by atoms with Crippen LogP contribution in [0.5, 0.6) is 0 Å². The highest BCUT2D eigenvalue weighted by atomic mass is 32.2. The molecule has 1 fully saturated rings. The molecule has 1 unspecified atom stereocenters. The van der Waals surface area contributed by atoms with Crippen LogP contribution in [-0.2, 0) is 11.2 Å². The van der Waals surface area contributed by atoms with E-state index in [1.165, 1.54) is 21.6 Å². The monoisotopic (exact) mass is 428 g/mol. The molecule has 1 saturated heterocycles. The number of nitrogens with zero attached hydrogens (tertiary/aromatic N) is 2. The van der Waals surface area contributed by atoms with Gasteiger partial charge in [-0.3, -0.25) is 4.90 Å². The molecule has 2 aromatic rings. The summed E-state index contributed by atoms with van der Waals surface area (Å²) in [6, 6.07) is 12.1. The minimum atomic E-state index is -0.225. The SMILES string of the molecule is CCOC(=O)N1CCN(C2Cc3ccc(F)cc3Sc3ccc(C(C)C)cc32)CC1. The number of ether oxygens (including phenoxy) is 1. The van der Waals surface area contributed by atoms with Crippen molar-refractivity contribution in [2.75, 3.05) is 32.8 Å². The Balaban J connectivity index is 1.65. The lowest BCUT2D eigenvalue weighted by atomic mass is 9.93. The molecule has 2 aliphatic heterocycles. The highest BCUT2D eigenvalue weighted by Crippen LogP contribution is 2.44. The molecule has 30 heavy (non-hydrogen) atoms. The third-order valence-electron chi connectivity index (χ3n) is 6.00. The molecule has 1 amide bonds. The van der Waals surface area contributed by atoms with Gasteiger partial charge in [0.15, 0.2) is 0 Å². The Morgan fingerprint density at radius 3 is 2.60 bits per heavy atom. The number of hydrogen-bond acceptors (Lipinski definition) is 4. The fraction of sp³-hybridized carbons (Fsp3) is 0.458. The van der Waals surface area contributed by atoms with Crippen LogP contribution < -0.4 is 0 Å². The molecule has 0 radical (unpaired) electrons. The fourth-order valence-electron chi connectivity index (χ4n) is 4.26. The quantitative estimate of drug-likeness (QED) is 0.649. The van der Waals surface area contributed by atoms with E-state index in [0.29, 0.717) is 25.6 Å². The first-order valence-corrected chi connectivity index (χ1v) is 11.5. The zero-order chi connectivity index (χ0) is 21.3. The summed E-state index contributed by atoms with van der Waals surface area (Å²) in [7, 11) is 0. The molecule has 160 valence electrons. The minimum absolute atomic E-state index is 0.192. The van der Waals surface area contributed by atoms with Crippen LogP contribution in [0.1, 0.15) is 49.4 Å². The van der Waals surface area contributed by atoms with E-state index < -0.39 is 0 Å². The first-order chi connectivity index (χ1) is 14.5. The van der Waals surface area contributed by atoms with E-state index in [1.54, 1.807) is 28.8 Å². The Morgan fingerprint density at radius 2 is 1.90 bits per heavy atom. The summed E-state index contributed by atoms with van der Waals surface area (Å²) in [5.41, 5.74) is 3.82. The Morgan fingerprint density at radius 1 is 1.13 bits per heavy atom. The van der Waals surface area contributed by atoms with Crippen LogP contribution in [0.15, 0.2) is 46.2 Å². The number of rotatable bonds is 3. The summed E-state index contributed by atoms with van der Waals surface area (Å²) in [5.74, 6) is 0.257. The second kappa shape index (κ2) is 8.98. The molecule has 4 rings (SSSR count). The number of halogens is 1. The summed E-state index contributed by atoms with van der Waals surface area (Å²) in [4.78, 5) is 18.6. The maximum Gasteiger partial charge on any atom is 0.409 e. The lowest BCUT2D eigenvalue weighted by Crippen LogP contribution is -2.50. The van der Waals surface area contributed by atoms with Crippen LogP contribution in [0.3, 0.4) is 0 Å². The van der Waals surface area contributed by atoms with Gasteiger partial charge in [-0.1, -0.05) is 43.8 Å². The molecule has 1 atom stereocenters. The van der Waals surface area contributed by atoms with Crippen LogP contribution in [-0.4, -0.2) is 48.7 Å². The van der Waals surface area contributed by atoms with Gasteiger partial charge in [0.1, 0.15) is 5.82 Å². The summed E-state index contributed by atoms with van der Waals surface area (Å²) in [6.07, 6.45) is 0.619. The molecule has 0 bridgehead atoms. The van der Waals surface area contributed by atoms with Crippen molar-refractivity contribution < 1.29 is 13.9 Å². The van der Waals surface area contributed by atoms with E-state index in [4.69, 9.17) is 4.74 Å². The molecule has 2 aromatic carbocycles. The average Bonchev–Trinajstić information content (AvgIpc) is 2.89. The summed E-state index contributed by atoms with van der Waals surface area (Å²) >= 11 is 1.67. The second-order valence-corrected chi connectivity index (χ2v) is 9.33. The van der Waals surface area contributed by atoms with Crippen LogP contribution in [0.4, 0.5) is 9.18 Å². The number of piperazine rings is 1. The van der Waals surface area contributed by atoms with Gasteiger partial charge >= 0.3 is 6.09 Å². The second-order valence-electron chi connectivity index (χ2n) is 8.25. The van der Waals surface area contributed by atoms with Gasteiger partial charge in [-0.2, -0.15) is 0 Å². The number of amides is 1. The summed E-state index contributed by atoms with van der Waals surface area (Å²) in [6.45, 7) is 9.59. The van der Waals surface area contributed by atoms with Gasteiger partial charge in [0.05, 0.1) is 6.61 Å². The first-order valence-electron chi connectivity index (χ1n) is 10.7. The Bertz CT molecular complexity index is 925. The Kier molecular flexibility index (Phi) is 6.34. The highest BCUT2D eigenvalue weighted by molar-refractivity contribution is 7.99. The molecule has 0 aliphatic carbocycles. The molecule has 0 saturated carbocycles. The topological polar surface area (TPSA) is 32.8 Å². The van der Waals surface area contributed by atoms with Crippen LogP contribution >= 0.6 is 11.8 Å². The standard InChI is InChI=1S/C24H29FN2O2S/c1-4-29-24(28)27-11-9-26(10-12-27)21-14-18-5-7-19(25)15-23(18)30-22-8-6-17(16(2)3)13-20(21)22/h5-8,13,15-16,21H,4,9-12,14H2,1-3H3. The van der Waals surface area contributed by atoms with E-state index in [1.807, 2.05) is 13.0 Å². The summed E-state index contributed by atoms with van der Waals surface area (Å²) in [5, 5.41) is 0.